The maximum atomic E-state index is 12.8. The van der Waals surface area contributed by atoms with Crippen LogP contribution in [0.2, 0.25) is 0 Å². The van der Waals surface area contributed by atoms with Crippen molar-refractivity contribution in [2.75, 3.05) is 13.2 Å². The van der Waals surface area contributed by atoms with Gasteiger partial charge in [-0.2, -0.15) is 0 Å². The normalized spacial score (nSPS) is 12.0. The molecule has 0 spiro atoms. The van der Waals surface area contributed by atoms with Crippen molar-refractivity contribution in [3.05, 3.63) is 12.2 Å². The molecule has 0 saturated heterocycles. The number of ether oxygens (including phenoxy) is 3. The highest BCUT2D eigenvalue weighted by molar-refractivity contribution is 5.71. The first-order valence-electron chi connectivity index (χ1n) is 30.2. The lowest BCUT2D eigenvalue weighted by molar-refractivity contribution is -0.167. The third-order valence-corrected chi connectivity index (χ3v) is 13.8. The first-order chi connectivity index (χ1) is 33.0. The first-order valence-corrected chi connectivity index (χ1v) is 30.2. The molecule has 6 heteroatoms. The molecule has 0 aromatic heterocycles. The van der Waals surface area contributed by atoms with E-state index < -0.39 is 6.10 Å². The third kappa shape index (κ3) is 55.0. The summed E-state index contributed by atoms with van der Waals surface area (Å²) in [7, 11) is 0. The predicted octanol–water partition coefficient (Wildman–Crippen LogP) is 20.1. The van der Waals surface area contributed by atoms with Crippen LogP contribution in [0.1, 0.15) is 342 Å². The summed E-state index contributed by atoms with van der Waals surface area (Å²) in [5.74, 6) is -0.852. The molecule has 1 atom stereocenters. The minimum Gasteiger partial charge on any atom is -0.462 e. The molecule has 1 unspecified atom stereocenters. The van der Waals surface area contributed by atoms with E-state index in [1.54, 1.807) is 0 Å². The summed E-state index contributed by atoms with van der Waals surface area (Å²) in [6, 6.07) is 0. The SMILES string of the molecule is CCCCCCCCCC/C=C\CCCCCCCCCCCCCC(=O)OCC(COC(=O)CCCCCCCC)OC(=O)CCCCCCCCCCCCCCCCCCCCCC. The fraction of sp³-hybridized carbons (Fsp3) is 0.918. The van der Waals surface area contributed by atoms with Crippen molar-refractivity contribution in [1.29, 1.82) is 0 Å². The number of unbranched alkanes of at least 4 members (excludes halogenated alkanes) is 43. The van der Waals surface area contributed by atoms with Crippen LogP contribution < -0.4 is 0 Å². The molecule has 0 aromatic carbocycles. The van der Waals surface area contributed by atoms with E-state index in [1.165, 1.54) is 244 Å². The second kappa shape index (κ2) is 56.7. The second-order valence-electron chi connectivity index (χ2n) is 20.6. The number of carbonyl (C=O) groups excluding carboxylic acids is 3. The van der Waals surface area contributed by atoms with Gasteiger partial charge in [0.1, 0.15) is 13.2 Å². The lowest BCUT2D eigenvalue weighted by atomic mass is 10.0. The van der Waals surface area contributed by atoms with Gasteiger partial charge in [-0.3, -0.25) is 14.4 Å². The Morgan fingerprint density at radius 2 is 0.493 bits per heavy atom. The maximum Gasteiger partial charge on any atom is 0.306 e. The molecule has 6 nitrogen and oxygen atoms in total. The van der Waals surface area contributed by atoms with Gasteiger partial charge < -0.3 is 14.2 Å². The van der Waals surface area contributed by atoms with Gasteiger partial charge in [-0.05, 0) is 44.9 Å². The molecule has 0 amide bonds. The number of carbonyl (C=O) groups is 3. The predicted molar refractivity (Wildman–Crippen MR) is 289 cm³/mol. The van der Waals surface area contributed by atoms with Crippen LogP contribution in [0.5, 0.6) is 0 Å². The van der Waals surface area contributed by atoms with Crippen molar-refractivity contribution in [2.45, 2.75) is 348 Å². The van der Waals surface area contributed by atoms with Gasteiger partial charge in [-0.1, -0.05) is 290 Å². The van der Waals surface area contributed by atoms with Crippen LogP contribution >= 0.6 is 0 Å². The van der Waals surface area contributed by atoms with Gasteiger partial charge in [0.25, 0.3) is 0 Å². The van der Waals surface area contributed by atoms with E-state index in [-0.39, 0.29) is 31.1 Å². The van der Waals surface area contributed by atoms with Gasteiger partial charge in [-0.15, -0.1) is 0 Å². The minimum atomic E-state index is -0.763. The van der Waals surface area contributed by atoms with Crippen LogP contribution in [-0.2, 0) is 28.6 Å². The van der Waals surface area contributed by atoms with Gasteiger partial charge in [0, 0.05) is 19.3 Å². The van der Waals surface area contributed by atoms with Crippen molar-refractivity contribution >= 4 is 17.9 Å². The Hall–Kier alpha value is -1.85. The molecule has 0 radical (unpaired) electrons. The number of hydrogen-bond donors (Lipinski definition) is 0. The van der Waals surface area contributed by atoms with Gasteiger partial charge in [0.05, 0.1) is 0 Å². The van der Waals surface area contributed by atoms with Gasteiger partial charge in [0.15, 0.2) is 6.10 Å². The van der Waals surface area contributed by atoms with Gasteiger partial charge in [0.2, 0.25) is 0 Å². The van der Waals surface area contributed by atoms with Crippen LogP contribution in [0.4, 0.5) is 0 Å². The average molecular weight is 946 g/mol. The molecule has 0 aliphatic heterocycles. The smallest absolute Gasteiger partial charge is 0.306 e. The zero-order chi connectivity index (χ0) is 48.6. The van der Waals surface area contributed by atoms with Crippen molar-refractivity contribution in [1.82, 2.24) is 0 Å². The molecule has 0 saturated carbocycles. The zero-order valence-electron chi connectivity index (χ0n) is 45.5. The monoisotopic (exact) mass is 945 g/mol. The van der Waals surface area contributed by atoms with Crippen LogP contribution in [0.25, 0.3) is 0 Å². The zero-order valence-corrected chi connectivity index (χ0v) is 45.5. The Bertz CT molecular complexity index is 1040. The van der Waals surface area contributed by atoms with Gasteiger partial charge >= 0.3 is 17.9 Å². The lowest BCUT2D eigenvalue weighted by Crippen LogP contribution is -2.30. The summed E-state index contributed by atoms with van der Waals surface area (Å²) in [6.07, 6.45) is 65.3. The van der Waals surface area contributed by atoms with E-state index >= 15 is 0 Å². The highest BCUT2D eigenvalue weighted by Crippen LogP contribution is 2.18. The third-order valence-electron chi connectivity index (χ3n) is 13.8. The van der Waals surface area contributed by atoms with E-state index in [1.807, 2.05) is 0 Å². The standard InChI is InChI=1S/C61H116O6/c1-4-7-10-13-16-18-20-22-24-26-28-30-31-32-34-35-37-39-41-43-45-48-51-54-60(63)66-57-58(56-65-59(62)53-50-47-15-12-9-6-3)67-61(64)55-52-49-46-44-42-40-38-36-33-29-27-25-23-21-19-17-14-11-8-5-2/h26,28,58H,4-25,27,29-57H2,1-3H3/b28-26-. The van der Waals surface area contributed by atoms with Crippen molar-refractivity contribution < 1.29 is 28.6 Å². The Kier molecular flexibility index (Phi) is 55.2. The number of hydrogen-bond acceptors (Lipinski definition) is 6. The van der Waals surface area contributed by atoms with Crippen LogP contribution in [0, 0.1) is 0 Å². The molecule has 396 valence electrons. The summed E-state index contributed by atoms with van der Waals surface area (Å²) in [4.78, 5) is 37.9. The largest absolute Gasteiger partial charge is 0.462 e. The highest BCUT2D eigenvalue weighted by atomic mass is 16.6. The molecule has 0 bridgehead atoms. The fourth-order valence-corrected chi connectivity index (χ4v) is 9.21. The summed E-state index contributed by atoms with van der Waals surface area (Å²) in [5, 5.41) is 0. The molecule has 67 heavy (non-hydrogen) atoms. The summed E-state index contributed by atoms with van der Waals surface area (Å²) in [6.45, 7) is 6.64. The number of esters is 3. The van der Waals surface area contributed by atoms with Crippen LogP contribution in [0.3, 0.4) is 0 Å². The Labute approximate surface area is 418 Å². The van der Waals surface area contributed by atoms with Gasteiger partial charge in [-0.25, -0.2) is 0 Å². The Balaban J connectivity index is 4.06. The van der Waals surface area contributed by atoms with E-state index in [0.29, 0.717) is 19.3 Å². The topological polar surface area (TPSA) is 78.9 Å². The summed E-state index contributed by atoms with van der Waals surface area (Å²) >= 11 is 0. The van der Waals surface area contributed by atoms with Crippen molar-refractivity contribution in [3.8, 4) is 0 Å². The minimum absolute atomic E-state index is 0.0653. The number of allylic oxidation sites excluding steroid dienone is 2. The molecule has 0 aromatic rings. The Morgan fingerprint density at radius 3 is 0.746 bits per heavy atom. The molecule has 0 heterocycles. The van der Waals surface area contributed by atoms with E-state index in [4.69, 9.17) is 14.2 Å². The molecular weight excluding hydrogens is 829 g/mol. The number of rotatable bonds is 56. The quantitative estimate of drug-likeness (QED) is 0.0262. The summed E-state index contributed by atoms with van der Waals surface area (Å²) in [5.41, 5.74) is 0. The van der Waals surface area contributed by atoms with Crippen molar-refractivity contribution in [3.63, 3.8) is 0 Å². The van der Waals surface area contributed by atoms with Crippen LogP contribution in [-0.4, -0.2) is 37.2 Å². The summed E-state index contributed by atoms with van der Waals surface area (Å²) < 4.78 is 16.8. The molecule has 0 fully saturated rings. The molecule has 0 aliphatic carbocycles. The van der Waals surface area contributed by atoms with Crippen molar-refractivity contribution in [2.24, 2.45) is 0 Å². The van der Waals surface area contributed by atoms with E-state index in [2.05, 4.69) is 32.9 Å². The molecule has 0 aliphatic rings. The van der Waals surface area contributed by atoms with Crippen LogP contribution in [0.15, 0.2) is 12.2 Å². The molecule has 0 N–H and O–H groups in total. The second-order valence-corrected chi connectivity index (χ2v) is 20.6. The van der Waals surface area contributed by atoms with E-state index in [9.17, 15) is 14.4 Å². The molecular formula is C61H116O6. The molecule has 0 rings (SSSR count). The fourth-order valence-electron chi connectivity index (χ4n) is 9.21. The lowest BCUT2D eigenvalue weighted by Gasteiger charge is -2.18. The average Bonchev–Trinajstić information content (AvgIpc) is 3.33. The van der Waals surface area contributed by atoms with E-state index in [0.717, 1.165) is 57.8 Å². The highest BCUT2D eigenvalue weighted by Gasteiger charge is 2.19. The maximum absolute atomic E-state index is 12.8. The first kappa shape index (κ1) is 65.1. The Morgan fingerprint density at radius 1 is 0.284 bits per heavy atom.